The SMILES string of the molecule is CC(C)c1ccc(CNC(=O)c2cc(S)ccc2Br)cc1. The van der Waals surface area contributed by atoms with Crippen LogP contribution in [0.25, 0.3) is 0 Å². The summed E-state index contributed by atoms with van der Waals surface area (Å²) in [5.74, 6) is 0.411. The number of nitrogens with one attached hydrogen (secondary N) is 1. The largest absolute Gasteiger partial charge is 0.348 e. The lowest BCUT2D eigenvalue weighted by molar-refractivity contribution is 0.0950. The number of halogens is 1. The van der Waals surface area contributed by atoms with E-state index in [0.29, 0.717) is 18.0 Å². The molecule has 0 unspecified atom stereocenters. The molecular formula is C17H18BrNOS. The number of amides is 1. The molecule has 0 radical (unpaired) electrons. The van der Waals surface area contributed by atoms with Crippen molar-refractivity contribution in [1.29, 1.82) is 0 Å². The Bertz CT molecular complexity index is 638. The van der Waals surface area contributed by atoms with E-state index in [2.05, 4.69) is 72.0 Å². The van der Waals surface area contributed by atoms with Gasteiger partial charge >= 0.3 is 0 Å². The van der Waals surface area contributed by atoms with Gasteiger partial charge in [-0.25, -0.2) is 0 Å². The third-order valence-electron chi connectivity index (χ3n) is 3.29. The van der Waals surface area contributed by atoms with Crippen LogP contribution >= 0.6 is 28.6 Å². The van der Waals surface area contributed by atoms with Crippen molar-refractivity contribution in [3.05, 3.63) is 63.6 Å². The van der Waals surface area contributed by atoms with E-state index in [1.165, 1.54) is 5.56 Å². The zero-order valence-electron chi connectivity index (χ0n) is 12.1. The molecule has 0 spiro atoms. The highest BCUT2D eigenvalue weighted by atomic mass is 79.9. The molecule has 2 aromatic carbocycles. The van der Waals surface area contributed by atoms with Crippen molar-refractivity contribution in [2.75, 3.05) is 0 Å². The predicted molar refractivity (Wildman–Crippen MR) is 93.1 cm³/mol. The first-order valence-corrected chi connectivity index (χ1v) is 8.07. The third-order valence-corrected chi connectivity index (χ3v) is 4.26. The van der Waals surface area contributed by atoms with Crippen molar-refractivity contribution in [2.24, 2.45) is 0 Å². The maximum Gasteiger partial charge on any atom is 0.252 e. The van der Waals surface area contributed by atoms with Crippen molar-refractivity contribution in [3.8, 4) is 0 Å². The van der Waals surface area contributed by atoms with E-state index in [1.807, 2.05) is 12.1 Å². The van der Waals surface area contributed by atoms with Crippen molar-refractivity contribution in [1.82, 2.24) is 5.32 Å². The highest BCUT2D eigenvalue weighted by molar-refractivity contribution is 9.10. The number of hydrogen-bond acceptors (Lipinski definition) is 2. The smallest absolute Gasteiger partial charge is 0.252 e. The zero-order valence-corrected chi connectivity index (χ0v) is 14.5. The molecule has 0 aromatic heterocycles. The summed E-state index contributed by atoms with van der Waals surface area (Å²) in [6.45, 7) is 4.85. The molecule has 1 N–H and O–H groups in total. The lowest BCUT2D eigenvalue weighted by Crippen LogP contribution is -2.23. The number of thiol groups is 1. The zero-order chi connectivity index (χ0) is 15.4. The maximum atomic E-state index is 12.2. The van der Waals surface area contributed by atoms with Crippen molar-refractivity contribution in [2.45, 2.75) is 31.2 Å². The second-order valence-corrected chi connectivity index (χ2v) is 6.61. The molecule has 2 aromatic rings. The Morgan fingerprint density at radius 3 is 2.48 bits per heavy atom. The summed E-state index contributed by atoms with van der Waals surface area (Å²) in [5, 5.41) is 2.93. The maximum absolute atomic E-state index is 12.2. The minimum absolute atomic E-state index is 0.106. The first-order chi connectivity index (χ1) is 9.97. The summed E-state index contributed by atoms with van der Waals surface area (Å²) in [5.41, 5.74) is 2.99. The average molecular weight is 364 g/mol. The summed E-state index contributed by atoms with van der Waals surface area (Å²) in [7, 11) is 0. The van der Waals surface area contributed by atoms with Gasteiger partial charge in [-0.2, -0.15) is 0 Å². The summed E-state index contributed by atoms with van der Waals surface area (Å²) >= 11 is 7.65. The standard InChI is InChI=1S/C17H18BrNOS/c1-11(2)13-5-3-12(4-6-13)10-19-17(20)15-9-14(21)7-8-16(15)18/h3-9,11,21H,10H2,1-2H3,(H,19,20). The topological polar surface area (TPSA) is 29.1 Å². The highest BCUT2D eigenvalue weighted by Crippen LogP contribution is 2.20. The van der Waals surface area contributed by atoms with Gasteiger partial charge in [-0.3, -0.25) is 4.79 Å². The Morgan fingerprint density at radius 1 is 1.19 bits per heavy atom. The van der Waals surface area contributed by atoms with Gasteiger partial charge in [0.1, 0.15) is 0 Å². The van der Waals surface area contributed by atoms with E-state index in [9.17, 15) is 4.79 Å². The fraction of sp³-hybridized carbons (Fsp3) is 0.235. The van der Waals surface area contributed by atoms with Crippen molar-refractivity contribution in [3.63, 3.8) is 0 Å². The number of rotatable bonds is 4. The molecule has 0 aliphatic rings. The quantitative estimate of drug-likeness (QED) is 0.751. The molecule has 21 heavy (non-hydrogen) atoms. The molecule has 4 heteroatoms. The van der Waals surface area contributed by atoms with Crippen molar-refractivity contribution >= 4 is 34.5 Å². The predicted octanol–water partition coefficient (Wildman–Crippen LogP) is 4.79. The Kier molecular flexibility index (Phi) is 5.48. The summed E-state index contributed by atoms with van der Waals surface area (Å²) in [6.07, 6.45) is 0. The first kappa shape index (κ1) is 16.1. The van der Waals surface area contributed by atoms with Gasteiger partial charge in [-0.1, -0.05) is 38.1 Å². The molecule has 0 aliphatic carbocycles. The Labute approximate surface area is 139 Å². The molecule has 0 bridgehead atoms. The van der Waals surface area contributed by atoms with Gasteiger partial charge in [0.2, 0.25) is 0 Å². The van der Waals surface area contributed by atoms with Crippen LogP contribution in [-0.4, -0.2) is 5.91 Å². The van der Waals surface area contributed by atoms with Crippen LogP contribution in [0.5, 0.6) is 0 Å². The van der Waals surface area contributed by atoms with Gasteiger partial charge in [0.15, 0.2) is 0 Å². The molecule has 0 heterocycles. The molecule has 2 rings (SSSR count). The highest BCUT2D eigenvalue weighted by Gasteiger charge is 2.10. The van der Waals surface area contributed by atoms with Crippen LogP contribution in [-0.2, 0) is 6.54 Å². The van der Waals surface area contributed by atoms with E-state index in [-0.39, 0.29) is 5.91 Å². The average Bonchev–Trinajstić information content (AvgIpc) is 2.47. The fourth-order valence-corrected chi connectivity index (χ4v) is 2.62. The monoisotopic (exact) mass is 363 g/mol. The van der Waals surface area contributed by atoms with Crippen LogP contribution in [0.15, 0.2) is 51.8 Å². The first-order valence-electron chi connectivity index (χ1n) is 6.83. The van der Waals surface area contributed by atoms with E-state index in [1.54, 1.807) is 6.07 Å². The second-order valence-electron chi connectivity index (χ2n) is 5.24. The minimum atomic E-state index is -0.106. The Balaban J connectivity index is 2.02. The van der Waals surface area contributed by atoms with Crippen molar-refractivity contribution < 1.29 is 4.79 Å². The number of benzene rings is 2. The van der Waals surface area contributed by atoms with E-state index < -0.39 is 0 Å². The van der Waals surface area contributed by atoms with Gasteiger partial charge in [-0.05, 0) is 51.2 Å². The lowest BCUT2D eigenvalue weighted by atomic mass is 10.0. The molecule has 0 fully saturated rings. The molecule has 0 atom stereocenters. The number of carbonyl (C=O) groups is 1. The van der Waals surface area contributed by atoms with Gasteiger partial charge in [0, 0.05) is 15.9 Å². The van der Waals surface area contributed by atoms with Crippen LogP contribution in [0.3, 0.4) is 0 Å². The summed E-state index contributed by atoms with van der Waals surface area (Å²) in [4.78, 5) is 13.0. The normalized spacial score (nSPS) is 10.7. The van der Waals surface area contributed by atoms with Gasteiger partial charge in [0.05, 0.1) is 5.56 Å². The van der Waals surface area contributed by atoms with Gasteiger partial charge in [0.25, 0.3) is 5.91 Å². The minimum Gasteiger partial charge on any atom is -0.348 e. The molecule has 0 aliphatic heterocycles. The van der Waals surface area contributed by atoms with Crippen LogP contribution in [0.1, 0.15) is 41.3 Å². The number of carbonyl (C=O) groups excluding carboxylic acids is 1. The van der Waals surface area contributed by atoms with E-state index >= 15 is 0 Å². The molecule has 1 amide bonds. The molecule has 0 saturated heterocycles. The van der Waals surface area contributed by atoms with Gasteiger partial charge < -0.3 is 5.32 Å². The third kappa shape index (κ3) is 4.35. The fourth-order valence-electron chi connectivity index (χ4n) is 1.99. The Morgan fingerprint density at radius 2 is 1.86 bits per heavy atom. The van der Waals surface area contributed by atoms with Crippen LogP contribution < -0.4 is 5.32 Å². The van der Waals surface area contributed by atoms with Crippen LogP contribution in [0, 0.1) is 0 Å². The van der Waals surface area contributed by atoms with Crippen LogP contribution in [0.2, 0.25) is 0 Å². The molecule has 0 saturated carbocycles. The second kappa shape index (κ2) is 7.14. The summed E-state index contributed by atoms with van der Waals surface area (Å²) < 4.78 is 0.771. The van der Waals surface area contributed by atoms with Gasteiger partial charge in [-0.15, -0.1) is 12.6 Å². The Hall–Kier alpha value is -1.26. The molecule has 110 valence electrons. The van der Waals surface area contributed by atoms with E-state index in [0.717, 1.165) is 14.9 Å². The molecule has 2 nitrogen and oxygen atoms in total. The molecular weight excluding hydrogens is 346 g/mol. The van der Waals surface area contributed by atoms with Crippen LogP contribution in [0.4, 0.5) is 0 Å². The lowest BCUT2D eigenvalue weighted by Gasteiger charge is -2.09. The number of hydrogen-bond donors (Lipinski definition) is 2. The summed E-state index contributed by atoms with van der Waals surface area (Å²) in [6, 6.07) is 13.7. The van der Waals surface area contributed by atoms with E-state index in [4.69, 9.17) is 0 Å².